The fraction of sp³-hybridized carbons (Fsp3) is 0.385. The number of oxime groups is 1. The molecule has 6 heteroatoms. The summed E-state index contributed by atoms with van der Waals surface area (Å²) in [6.45, 7) is 5.76. The highest BCUT2D eigenvalue weighted by Crippen LogP contribution is 2.22. The second kappa shape index (κ2) is 5.69. The molecule has 5 nitrogen and oxygen atoms in total. The number of carbonyl (C=O) groups excluding carboxylic acids is 1. The van der Waals surface area contributed by atoms with Crippen molar-refractivity contribution in [2.75, 3.05) is 5.32 Å². The van der Waals surface area contributed by atoms with Gasteiger partial charge in [0.05, 0.1) is 11.3 Å². The molecule has 0 aliphatic rings. The molecular weight excluding hydrogens is 249 g/mol. The Morgan fingerprint density at radius 3 is 2.63 bits per heavy atom. The molecule has 1 aromatic rings. The van der Waals surface area contributed by atoms with Crippen LogP contribution in [0.5, 0.6) is 0 Å². The zero-order valence-corrected chi connectivity index (χ0v) is 11.2. The average Bonchev–Trinajstić information content (AvgIpc) is 2.25. The monoisotopic (exact) mass is 267 g/mol. The molecule has 0 spiro atoms. The van der Waals surface area contributed by atoms with Gasteiger partial charge in [-0.2, -0.15) is 0 Å². The van der Waals surface area contributed by atoms with Gasteiger partial charge in [0.25, 0.3) is 0 Å². The Labute approximate surface area is 111 Å². The van der Waals surface area contributed by atoms with E-state index in [2.05, 4.69) is 10.5 Å². The highest BCUT2D eigenvalue weighted by atomic mass is 19.1. The van der Waals surface area contributed by atoms with Crippen LogP contribution in [0.25, 0.3) is 0 Å². The summed E-state index contributed by atoms with van der Waals surface area (Å²) in [5.41, 5.74) is 5.29. The Bertz CT molecular complexity index is 507. The lowest BCUT2D eigenvalue weighted by Gasteiger charge is -2.18. The lowest BCUT2D eigenvalue weighted by Crippen LogP contribution is -2.23. The van der Waals surface area contributed by atoms with E-state index in [-0.39, 0.29) is 34.8 Å². The lowest BCUT2D eigenvalue weighted by atomic mass is 9.92. The fourth-order valence-corrected chi connectivity index (χ4v) is 1.61. The van der Waals surface area contributed by atoms with Crippen LogP contribution in [0.15, 0.2) is 23.4 Å². The van der Waals surface area contributed by atoms with Crippen LogP contribution in [-0.4, -0.2) is 17.0 Å². The number of rotatable bonds is 3. The summed E-state index contributed by atoms with van der Waals surface area (Å²) >= 11 is 0. The van der Waals surface area contributed by atoms with E-state index < -0.39 is 5.82 Å². The molecule has 1 amide bonds. The fourth-order valence-electron chi connectivity index (χ4n) is 1.61. The average molecular weight is 267 g/mol. The van der Waals surface area contributed by atoms with E-state index in [1.165, 1.54) is 18.2 Å². The van der Waals surface area contributed by atoms with Crippen molar-refractivity contribution in [2.45, 2.75) is 27.2 Å². The summed E-state index contributed by atoms with van der Waals surface area (Å²) in [5.74, 6) is -1.31. The Kier molecular flexibility index (Phi) is 4.47. The molecule has 0 aliphatic carbocycles. The molecule has 0 aromatic heterocycles. The number of halogens is 1. The van der Waals surface area contributed by atoms with Gasteiger partial charge in [0.1, 0.15) is 5.82 Å². The number of anilines is 1. The Morgan fingerprint density at radius 1 is 1.47 bits per heavy atom. The minimum Gasteiger partial charge on any atom is -0.409 e. The van der Waals surface area contributed by atoms with Gasteiger partial charge in [0, 0.05) is 6.42 Å². The topological polar surface area (TPSA) is 87.7 Å². The number of benzene rings is 1. The SMILES string of the molecule is CC(C)(C)CC(=O)Nc1cccc(F)c1/C(N)=N/O. The van der Waals surface area contributed by atoms with Crippen molar-refractivity contribution in [3.05, 3.63) is 29.6 Å². The summed E-state index contributed by atoms with van der Waals surface area (Å²) in [7, 11) is 0. The zero-order chi connectivity index (χ0) is 14.6. The molecule has 4 N–H and O–H groups in total. The van der Waals surface area contributed by atoms with Crippen molar-refractivity contribution in [2.24, 2.45) is 16.3 Å². The first kappa shape index (κ1) is 14.9. The van der Waals surface area contributed by atoms with Gasteiger partial charge in [0.15, 0.2) is 5.84 Å². The van der Waals surface area contributed by atoms with E-state index in [1.807, 2.05) is 20.8 Å². The van der Waals surface area contributed by atoms with Gasteiger partial charge >= 0.3 is 0 Å². The van der Waals surface area contributed by atoms with Gasteiger partial charge in [0.2, 0.25) is 5.91 Å². The van der Waals surface area contributed by atoms with Crippen LogP contribution < -0.4 is 11.1 Å². The van der Waals surface area contributed by atoms with Gasteiger partial charge < -0.3 is 16.3 Å². The van der Waals surface area contributed by atoms with E-state index in [0.29, 0.717) is 0 Å². The van der Waals surface area contributed by atoms with Crippen molar-refractivity contribution >= 4 is 17.4 Å². The third-order valence-electron chi connectivity index (χ3n) is 2.34. The first-order chi connectivity index (χ1) is 8.74. The summed E-state index contributed by atoms with van der Waals surface area (Å²) < 4.78 is 13.7. The molecule has 0 heterocycles. The molecule has 0 radical (unpaired) electrons. The minimum absolute atomic E-state index is 0.118. The number of nitrogens with one attached hydrogen (secondary N) is 1. The van der Waals surface area contributed by atoms with Crippen LogP contribution in [0.2, 0.25) is 0 Å². The van der Waals surface area contributed by atoms with E-state index in [9.17, 15) is 9.18 Å². The maximum absolute atomic E-state index is 13.7. The highest BCUT2D eigenvalue weighted by Gasteiger charge is 2.19. The van der Waals surface area contributed by atoms with Crippen LogP contribution in [0, 0.1) is 11.2 Å². The van der Waals surface area contributed by atoms with Crippen LogP contribution in [0.4, 0.5) is 10.1 Å². The second-order valence-corrected chi connectivity index (χ2v) is 5.43. The van der Waals surface area contributed by atoms with Crippen molar-refractivity contribution in [1.29, 1.82) is 0 Å². The normalized spacial score (nSPS) is 12.3. The number of hydrogen-bond acceptors (Lipinski definition) is 3. The Hall–Kier alpha value is -2.11. The van der Waals surface area contributed by atoms with E-state index in [1.54, 1.807) is 0 Å². The molecule has 1 rings (SSSR count). The molecule has 0 aliphatic heterocycles. The third kappa shape index (κ3) is 4.24. The molecule has 0 saturated carbocycles. The van der Waals surface area contributed by atoms with Crippen molar-refractivity contribution in [1.82, 2.24) is 0 Å². The van der Waals surface area contributed by atoms with Crippen LogP contribution in [0.1, 0.15) is 32.8 Å². The predicted octanol–water partition coefficient (Wildman–Crippen LogP) is 2.29. The Balaban J connectivity index is 3.02. The summed E-state index contributed by atoms with van der Waals surface area (Å²) in [5, 5.41) is 14.0. The maximum atomic E-state index is 13.7. The first-order valence-electron chi connectivity index (χ1n) is 5.81. The van der Waals surface area contributed by atoms with E-state index >= 15 is 0 Å². The van der Waals surface area contributed by atoms with Crippen LogP contribution >= 0.6 is 0 Å². The van der Waals surface area contributed by atoms with Gasteiger partial charge in [-0.05, 0) is 17.5 Å². The quantitative estimate of drug-likeness (QED) is 0.340. The predicted molar refractivity (Wildman–Crippen MR) is 71.6 cm³/mol. The van der Waals surface area contributed by atoms with Crippen molar-refractivity contribution < 1.29 is 14.4 Å². The molecule has 0 fully saturated rings. The number of nitrogens with zero attached hydrogens (tertiary/aromatic N) is 1. The highest BCUT2D eigenvalue weighted by molar-refractivity contribution is 6.05. The van der Waals surface area contributed by atoms with Gasteiger partial charge in [-0.25, -0.2) is 4.39 Å². The number of amidine groups is 1. The van der Waals surface area contributed by atoms with Gasteiger partial charge in [-0.3, -0.25) is 4.79 Å². The smallest absolute Gasteiger partial charge is 0.224 e. The maximum Gasteiger partial charge on any atom is 0.224 e. The molecule has 104 valence electrons. The zero-order valence-electron chi connectivity index (χ0n) is 11.2. The number of carbonyl (C=O) groups is 1. The van der Waals surface area contributed by atoms with Crippen LogP contribution in [-0.2, 0) is 4.79 Å². The molecule has 0 saturated heterocycles. The number of nitrogens with two attached hydrogens (primary N) is 1. The summed E-state index contributed by atoms with van der Waals surface area (Å²) in [4.78, 5) is 11.8. The Morgan fingerprint density at radius 2 is 2.11 bits per heavy atom. The molecule has 0 bridgehead atoms. The van der Waals surface area contributed by atoms with Crippen molar-refractivity contribution in [3.8, 4) is 0 Å². The van der Waals surface area contributed by atoms with E-state index in [4.69, 9.17) is 10.9 Å². The number of hydrogen-bond donors (Lipinski definition) is 3. The molecule has 0 atom stereocenters. The summed E-state index contributed by atoms with van der Waals surface area (Å²) in [6, 6.07) is 4.11. The number of amides is 1. The molecule has 0 unspecified atom stereocenters. The minimum atomic E-state index is -0.663. The largest absolute Gasteiger partial charge is 0.409 e. The van der Waals surface area contributed by atoms with E-state index in [0.717, 1.165) is 0 Å². The van der Waals surface area contributed by atoms with Gasteiger partial charge in [-0.1, -0.05) is 32.0 Å². The lowest BCUT2D eigenvalue weighted by molar-refractivity contribution is -0.117. The first-order valence-corrected chi connectivity index (χ1v) is 5.81. The molecule has 19 heavy (non-hydrogen) atoms. The summed E-state index contributed by atoms with van der Waals surface area (Å²) in [6.07, 6.45) is 0.277. The standard InChI is InChI=1S/C13H18FN3O2/c1-13(2,3)7-10(18)16-9-6-4-5-8(14)11(9)12(15)17-19/h4-6,19H,7H2,1-3H3,(H2,15,17)(H,16,18). The van der Waals surface area contributed by atoms with Crippen LogP contribution in [0.3, 0.4) is 0 Å². The molecular formula is C13H18FN3O2. The second-order valence-electron chi connectivity index (χ2n) is 5.43. The third-order valence-corrected chi connectivity index (χ3v) is 2.34. The van der Waals surface area contributed by atoms with Gasteiger partial charge in [-0.15, -0.1) is 0 Å². The molecule has 1 aromatic carbocycles. The van der Waals surface area contributed by atoms with Crippen molar-refractivity contribution in [3.63, 3.8) is 0 Å².